The predicted molar refractivity (Wildman–Crippen MR) is 74.2 cm³/mol. The second-order valence-corrected chi connectivity index (χ2v) is 7.32. The first kappa shape index (κ1) is 14.9. The number of hydrogen-bond donors (Lipinski definition) is 1. The highest BCUT2D eigenvalue weighted by Gasteiger charge is 2.33. The van der Waals surface area contributed by atoms with E-state index in [2.05, 4.69) is 9.71 Å². The molecule has 0 radical (unpaired) electrons. The number of methoxy groups -OCH3 is 1. The van der Waals surface area contributed by atoms with E-state index in [1.165, 1.54) is 15.6 Å². The summed E-state index contributed by atoms with van der Waals surface area (Å²) in [6.07, 6.45) is 1.73. The molecule has 1 aromatic rings. The van der Waals surface area contributed by atoms with E-state index in [-0.39, 0.29) is 12.6 Å². The van der Waals surface area contributed by atoms with E-state index in [9.17, 15) is 8.42 Å². The minimum atomic E-state index is -3.45. The largest absolute Gasteiger partial charge is 0.383 e. The quantitative estimate of drug-likeness (QED) is 0.847. The van der Waals surface area contributed by atoms with E-state index in [0.717, 1.165) is 23.5 Å². The van der Waals surface area contributed by atoms with Gasteiger partial charge in [-0.2, -0.15) is 17.4 Å². The van der Waals surface area contributed by atoms with Gasteiger partial charge in [-0.1, -0.05) is 0 Å². The van der Waals surface area contributed by atoms with Crippen LogP contribution in [0.25, 0.3) is 0 Å². The monoisotopic (exact) mass is 305 g/mol. The van der Waals surface area contributed by atoms with Gasteiger partial charge >= 0.3 is 0 Å². The molecule has 6 nitrogen and oxygen atoms in total. The Kier molecular flexibility index (Phi) is 4.91. The molecule has 2 heterocycles. The maximum atomic E-state index is 12.2. The highest BCUT2D eigenvalue weighted by molar-refractivity contribution is 7.87. The van der Waals surface area contributed by atoms with E-state index in [1.54, 1.807) is 7.11 Å². The Hall–Kier alpha value is -0.540. The summed E-state index contributed by atoms with van der Waals surface area (Å²) in [7, 11) is -1.86. The van der Waals surface area contributed by atoms with Crippen LogP contribution in [0, 0.1) is 6.92 Å². The summed E-state index contributed by atoms with van der Waals surface area (Å²) in [6.45, 7) is 3.14. The number of nitrogens with one attached hydrogen (secondary N) is 1. The molecule has 1 aromatic heterocycles. The molecule has 1 aliphatic heterocycles. The Morgan fingerprint density at radius 3 is 3.05 bits per heavy atom. The predicted octanol–water partition coefficient (Wildman–Crippen LogP) is 0.897. The van der Waals surface area contributed by atoms with Gasteiger partial charge in [-0.25, -0.2) is 4.98 Å². The van der Waals surface area contributed by atoms with Crippen LogP contribution in [0.5, 0.6) is 0 Å². The minimum absolute atomic E-state index is 0.0559. The molecule has 1 aliphatic rings. The first-order chi connectivity index (χ1) is 9.03. The van der Waals surface area contributed by atoms with Crippen LogP contribution in [0.4, 0.5) is 0 Å². The molecule has 8 heteroatoms. The fraction of sp³-hybridized carbons (Fsp3) is 0.727. The SMILES string of the molecule is COC[C@H]1CCCN1S(=O)(=O)NCc1csc(C)n1. The lowest BCUT2D eigenvalue weighted by Crippen LogP contribution is -2.44. The van der Waals surface area contributed by atoms with Crippen molar-refractivity contribution in [3.63, 3.8) is 0 Å². The van der Waals surface area contributed by atoms with Gasteiger partial charge in [-0.15, -0.1) is 11.3 Å². The van der Waals surface area contributed by atoms with Gasteiger partial charge < -0.3 is 4.74 Å². The standard InChI is InChI=1S/C11H19N3O3S2/c1-9-13-10(8-18-9)6-12-19(15,16)14-5-3-4-11(14)7-17-2/h8,11-12H,3-7H2,1-2H3/t11-/m1/s1. The number of thiazole rings is 1. The van der Waals surface area contributed by atoms with Gasteiger partial charge in [0.15, 0.2) is 0 Å². The van der Waals surface area contributed by atoms with Crippen molar-refractivity contribution < 1.29 is 13.2 Å². The molecule has 1 N–H and O–H groups in total. The van der Waals surface area contributed by atoms with Gasteiger partial charge in [0.2, 0.25) is 0 Å². The average Bonchev–Trinajstić information content (AvgIpc) is 2.97. The molecular weight excluding hydrogens is 286 g/mol. The lowest BCUT2D eigenvalue weighted by Gasteiger charge is -2.23. The highest BCUT2D eigenvalue weighted by atomic mass is 32.2. The van der Waals surface area contributed by atoms with Crippen LogP contribution in [-0.2, 0) is 21.5 Å². The van der Waals surface area contributed by atoms with Crippen molar-refractivity contribution in [2.24, 2.45) is 0 Å². The van der Waals surface area contributed by atoms with Crippen LogP contribution in [0.2, 0.25) is 0 Å². The second kappa shape index (κ2) is 6.27. The fourth-order valence-electron chi connectivity index (χ4n) is 2.22. The molecule has 1 atom stereocenters. The van der Waals surface area contributed by atoms with E-state index < -0.39 is 10.2 Å². The Morgan fingerprint density at radius 2 is 2.42 bits per heavy atom. The Labute approximate surface area is 118 Å². The van der Waals surface area contributed by atoms with Crippen LogP contribution in [-0.4, -0.2) is 44.0 Å². The minimum Gasteiger partial charge on any atom is -0.383 e. The molecular formula is C11H19N3O3S2. The summed E-state index contributed by atoms with van der Waals surface area (Å²) in [5.74, 6) is 0. The van der Waals surface area contributed by atoms with Crippen molar-refractivity contribution in [2.45, 2.75) is 32.4 Å². The van der Waals surface area contributed by atoms with Crippen LogP contribution < -0.4 is 4.72 Å². The number of rotatable bonds is 6. The van der Waals surface area contributed by atoms with E-state index in [4.69, 9.17) is 4.74 Å². The molecule has 0 aliphatic carbocycles. The zero-order chi connectivity index (χ0) is 13.9. The number of aryl methyl sites for hydroxylation is 1. The summed E-state index contributed by atoms with van der Waals surface area (Å²) in [4.78, 5) is 4.24. The van der Waals surface area contributed by atoms with E-state index in [1.807, 2.05) is 12.3 Å². The summed E-state index contributed by atoms with van der Waals surface area (Å²) in [5.41, 5.74) is 0.758. The van der Waals surface area contributed by atoms with Crippen molar-refractivity contribution in [1.82, 2.24) is 14.0 Å². The van der Waals surface area contributed by atoms with Gasteiger partial charge in [0.1, 0.15) is 0 Å². The summed E-state index contributed by atoms with van der Waals surface area (Å²) in [5, 5.41) is 2.81. The smallest absolute Gasteiger partial charge is 0.280 e. The number of hydrogen-bond acceptors (Lipinski definition) is 5. The van der Waals surface area contributed by atoms with E-state index in [0.29, 0.717) is 13.2 Å². The Morgan fingerprint density at radius 1 is 1.63 bits per heavy atom. The van der Waals surface area contributed by atoms with Crippen LogP contribution >= 0.6 is 11.3 Å². The van der Waals surface area contributed by atoms with Crippen LogP contribution in [0.3, 0.4) is 0 Å². The van der Waals surface area contributed by atoms with Gasteiger partial charge in [0, 0.05) is 25.1 Å². The maximum Gasteiger partial charge on any atom is 0.280 e. The Bertz CT molecular complexity index is 515. The third-order valence-corrected chi connectivity index (χ3v) is 5.52. The van der Waals surface area contributed by atoms with Crippen LogP contribution in [0.1, 0.15) is 23.5 Å². The third kappa shape index (κ3) is 3.73. The van der Waals surface area contributed by atoms with Crippen molar-refractivity contribution in [1.29, 1.82) is 0 Å². The first-order valence-electron chi connectivity index (χ1n) is 6.19. The topological polar surface area (TPSA) is 71.5 Å². The average molecular weight is 305 g/mol. The molecule has 0 unspecified atom stereocenters. The van der Waals surface area contributed by atoms with Gasteiger partial charge in [-0.05, 0) is 19.8 Å². The van der Waals surface area contributed by atoms with Crippen molar-refractivity contribution in [2.75, 3.05) is 20.3 Å². The van der Waals surface area contributed by atoms with Crippen molar-refractivity contribution in [3.8, 4) is 0 Å². The van der Waals surface area contributed by atoms with Crippen LogP contribution in [0.15, 0.2) is 5.38 Å². The van der Waals surface area contributed by atoms with Gasteiger partial charge in [0.05, 0.1) is 23.9 Å². The van der Waals surface area contributed by atoms with Gasteiger partial charge in [-0.3, -0.25) is 0 Å². The molecule has 2 rings (SSSR count). The molecule has 0 bridgehead atoms. The van der Waals surface area contributed by atoms with Crippen molar-refractivity contribution in [3.05, 3.63) is 16.1 Å². The zero-order valence-electron chi connectivity index (χ0n) is 11.1. The summed E-state index contributed by atoms with van der Waals surface area (Å²) in [6, 6.07) is -0.0559. The zero-order valence-corrected chi connectivity index (χ0v) is 12.8. The fourth-order valence-corrected chi connectivity index (χ4v) is 4.26. The maximum absolute atomic E-state index is 12.2. The number of ether oxygens (including phenoxy) is 1. The lowest BCUT2D eigenvalue weighted by molar-refractivity contribution is 0.148. The Balaban J connectivity index is 1.97. The summed E-state index contributed by atoms with van der Waals surface area (Å²) >= 11 is 1.52. The molecule has 0 spiro atoms. The first-order valence-corrected chi connectivity index (χ1v) is 8.51. The van der Waals surface area contributed by atoms with Gasteiger partial charge in [0.25, 0.3) is 10.2 Å². The molecule has 0 saturated carbocycles. The summed E-state index contributed by atoms with van der Waals surface area (Å²) < 4.78 is 33.6. The lowest BCUT2D eigenvalue weighted by atomic mass is 10.2. The molecule has 1 fully saturated rings. The normalized spacial score (nSPS) is 21.1. The number of nitrogens with zero attached hydrogens (tertiary/aromatic N) is 2. The molecule has 0 amide bonds. The highest BCUT2D eigenvalue weighted by Crippen LogP contribution is 2.20. The molecule has 1 saturated heterocycles. The van der Waals surface area contributed by atoms with E-state index >= 15 is 0 Å². The number of aromatic nitrogens is 1. The van der Waals surface area contributed by atoms with Crippen molar-refractivity contribution >= 4 is 21.5 Å². The molecule has 108 valence electrons. The second-order valence-electron chi connectivity index (χ2n) is 4.55. The molecule has 19 heavy (non-hydrogen) atoms. The third-order valence-electron chi connectivity index (χ3n) is 3.09. The molecule has 0 aromatic carbocycles.